The van der Waals surface area contributed by atoms with E-state index in [1.807, 2.05) is 6.92 Å². The lowest BCUT2D eigenvalue weighted by Crippen LogP contribution is -2.65. The Morgan fingerprint density at radius 1 is 0.750 bits per heavy atom. The van der Waals surface area contributed by atoms with E-state index in [1.165, 1.54) is 0 Å². The summed E-state index contributed by atoms with van der Waals surface area (Å²) in [6, 6.07) is 0. The summed E-state index contributed by atoms with van der Waals surface area (Å²) in [6.45, 7) is 13.5. The number of aliphatic hydroxyl groups is 7. The Morgan fingerprint density at radius 3 is 2.19 bits per heavy atom. The Labute approximate surface area is 307 Å². The Morgan fingerprint density at radius 2 is 1.48 bits per heavy atom. The largest absolute Gasteiger partial charge is 0.394 e. The maximum atomic E-state index is 11.3. The molecule has 0 aromatic carbocycles. The minimum absolute atomic E-state index is 0.0259. The summed E-state index contributed by atoms with van der Waals surface area (Å²) < 4.78 is 38.2. The fraction of sp³-hybridized carbons (Fsp3) is 1.00. The second-order valence-corrected chi connectivity index (χ2v) is 19.2. The van der Waals surface area contributed by atoms with Crippen molar-refractivity contribution in [3.05, 3.63) is 0 Å². The van der Waals surface area contributed by atoms with Crippen LogP contribution in [0.15, 0.2) is 0 Å². The highest BCUT2D eigenvalue weighted by Gasteiger charge is 2.85. The molecule has 0 unspecified atom stereocenters. The van der Waals surface area contributed by atoms with Crippen LogP contribution in [0.1, 0.15) is 92.9 Å². The summed E-state index contributed by atoms with van der Waals surface area (Å²) in [5.41, 5.74) is -0.670. The number of aliphatic hydroxyl groups excluding tert-OH is 7. The lowest BCUT2D eigenvalue weighted by molar-refractivity contribution is -0.335. The number of fused-ring (bicyclic) bond motifs is 4. The summed E-state index contributed by atoms with van der Waals surface area (Å²) in [4.78, 5) is 0. The van der Waals surface area contributed by atoms with Gasteiger partial charge in [0.2, 0.25) is 0 Å². The molecular weight excluding hydrogens is 676 g/mol. The predicted molar refractivity (Wildman–Crippen MR) is 183 cm³/mol. The minimum atomic E-state index is -1.54. The number of hydrogen-bond donors (Lipinski definition) is 7. The van der Waals surface area contributed by atoms with Gasteiger partial charge in [0.15, 0.2) is 18.9 Å². The second kappa shape index (κ2) is 13.0. The molecule has 298 valence electrons. The van der Waals surface area contributed by atoms with Gasteiger partial charge in [-0.2, -0.15) is 0 Å². The molecule has 3 saturated heterocycles. The number of hydrogen-bond acceptors (Lipinski definition) is 13. The van der Waals surface area contributed by atoms with Gasteiger partial charge in [0, 0.05) is 12.5 Å². The van der Waals surface area contributed by atoms with Crippen molar-refractivity contribution in [1.82, 2.24) is 0 Å². The van der Waals surface area contributed by atoms with Crippen LogP contribution in [-0.4, -0.2) is 135 Å². The zero-order valence-electron chi connectivity index (χ0n) is 31.7. The van der Waals surface area contributed by atoms with Gasteiger partial charge in [0.1, 0.15) is 42.7 Å². The van der Waals surface area contributed by atoms with E-state index in [2.05, 4.69) is 34.6 Å². The molecule has 0 aromatic rings. The van der Waals surface area contributed by atoms with Gasteiger partial charge in [0.25, 0.3) is 0 Å². The van der Waals surface area contributed by atoms with Crippen molar-refractivity contribution in [2.45, 2.75) is 173 Å². The lowest BCUT2D eigenvalue weighted by atomic mass is 9.41. The third-order valence-corrected chi connectivity index (χ3v) is 16.8. The second-order valence-electron chi connectivity index (χ2n) is 19.2. The molecule has 8 rings (SSSR count). The van der Waals surface area contributed by atoms with Crippen molar-refractivity contribution in [1.29, 1.82) is 0 Å². The quantitative estimate of drug-likeness (QED) is 0.186. The van der Waals surface area contributed by atoms with Crippen LogP contribution in [0.2, 0.25) is 0 Å². The van der Waals surface area contributed by atoms with Crippen molar-refractivity contribution in [2.75, 3.05) is 19.8 Å². The Bertz CT molecular complexity index is 1330. The first kappa shape index (κ1) is 38.4. The summed E-state index contributed by atoms with van der Waals surface area (Å²) in [5, 5.41) is 73.9. The molecule has 8 fully saturated rings. The maximum absolute atomic E-state index is 11.3. The fourth-order valence-electron chi connectivity index (χ4n) is 14.0. The van der Waals surface area contributed by atoms with Crippen molar-refractivity contribution < 1.29 is 64.2 Å². The van der Waals surface area contributed by atoms with E-state index in [0.717, 1.165) is 44.9 Å². The van der Waals surface area contributed by atoms with E-state index in [1.54, 1.807) is 0 Å². The van der Waals surface area contributed by atoms with Gasteiger partial charge < -0.3 is 64.2 Å². The monoisotopic (exact) mass is 740 g/mol. The highest BCUT2D eigenvalue weighted by atomic mass is 16.7. The Balaban J connectivity index is 1.15. The van der Waals surface area contributed by atoms with Crippen molar-refractivity contribution >= 4 is 0 Å². The standard InChI is InChI=1S/C39H64O13/c1-7-47-32-18(2)12-19-22(50-32)14-37(6)31-21(49-34-30(46)28(44)27(43)23(15-40)51-34)13-24-35(3,4)25(52-33-29(45)26(42)20(41)16-48-33)8-9-38(24)17-39(31,38)11-10-36(19,37)5/h18-34,40-46H,7-17H2,1-6H3/t18-,19+,20-,21-,22-,23-,24-,25-,26+,27-,28+,29-,30-,31+,32-,33+,34-,36-,37-,38+,39-/m1/s1. The molecule has 21 atom stereocenters. The zero-order valence-corrected chi connectivity index (χ0v) is 31.7. The van der Waals surface area contributed by atoms with Crippen LogP contribution in [0.5, 0.6) is 0 Å². The summed E-state index contributed by atoms with van der Waals surface area (Å²) in [6.07, 6.45) is -5.34. The smallest absolute Gasteiger partial charge is 0.186 e. The maximum Gasteiger partial charge on any atom is 0.186 e. The van der Waals surface area contributed by atoms with Crippen molar-refractivity contribution in [3.63, 3.8) is 0 Å². The molecule has 8 aliphatic rings. The summed E-state index contributed by atoms with van der Waals surface area (Å²) in [7, 11) is 0. The first-order valence-corrected chi connectivity index (χ1v) is 20.0. The van der Waals surface area contributed by atoms with Gasteiger partial charge >= 0.3 is 0 Å². The normalized spacial score (nSPS) is 59.4. The molecule has 3 aliphatic heterocycles. The van der Waals surface area contributed by atoms with E-state index in [0.29, 0.717) is 18.9 Å². The third kappa shape index (κ3) is 5.20. The van der Waals surface area contributed by atoms with Crippen LogP contribution < -0.4 is 0 Å². The molecule has 0 radical (unpaired) electrons. The molecule has 13 nitrogen and oxygen atoms in total. The minimum Gasteiger partial charge on any atom is -0.394 e. The van der Waals surface area contributed by atoms with Gasteiger partial charge in [-0.25, -0.2) is 0 Å². The molecule has 52 heavy (non-hydrogen) atoms. The molecule has 0 aromatic heterocycles. The van der Waals surface area contributed by atoms with Crippen LogP contribution >= 0.6 is 0 Å². The van der Waals surface area contributed by atoms with Gasteiger partial charge in [0.05, 0.1) is 31.5 Å². The molecule has 5 aliphatic carbocycles. The summed E-state index contributed by atoms with van der Waals surface area (Å²) in [5.74, 6) is 0.841. The van der Waals surface area contributed by atoms with E-state index < -0.39 is 73.4 Å². The highest BCUT2D eigenvalue weighted by Crippen LogP contribution is 2.89. The molecular formula is C39H64O13. The summed E-state index contributed by atoms with van der Waals surface area (Å²) >= 11 is 0. The average molecular weight is 741 g/mol. The van der Waals surface area contributed by atoms with Crippen LogP contribution in [0.3, 0.4) is 0 Å². The molecule has 5 saturated carbocycles. The highest BCUT2D eigenvalue weighted by molar-refractivity contribution is 5.33. The molecule has 3 heterocycles. The van der Waals surface area contributed by atoms with Crippen LogP contribution in [0, 0.1) is 50.7 Å². The third-order valence-electron chi connectivity index (χ3n) is 16.8. The number of ether oxygens (including phenoxy) is 6. The molecule has 13 heteroatoms. The zero-order chi connectivity index (χ0) is 37.3. The van der Waals surface area contributed by atoms with E-state index in [9.17, 15) is 35.7 Å². The first-order valence-electron chi connectivity index (χ1n) is 20.0. The first-order chi connectivity index (χ1) is 24.5. The van der Waals surface area contributed by atoms with E-state index >= 15 is 0 Å². The predicted octanol–water partition coefficient (Wildman–Crippen LogP) is 1.44. The SMILES string of the molecule is CCO[C@@H]1O[C@@H]2C[C@]3(C)[C@@H]4[C@H](O[C@@H]5O[C@H](CO)[C@@H](O)[C@H](O)[C@H]5O)C[C@@H]5C(C)(C)[C@H](O[C@@H]6OC[C@@H](O)[C@H](O)[C@H]6O)CC[C@]56C[C@]46CC[C@]3(C)[C@H]2C[C@H]1C. The van der Waals surface area contributed by atoms with Gasteiger partial charge in [-0.3, -0.25) is 0 Å². The van der Waals surface area contributed by atoms with Crippen LogP contribution in [0.4, 0.5) is 0 Å². The molecule has 0 amide bonds. The fourth-order valence-corrected chi connectivity index (χ4v) is 14.0. The van der Waals surface area contributed by atoms with E-state index in [4.69, 9.17) is 28.4 Å². The van der Waals surface area contributed by atoms with E-state index in [-0.39, 0.29) is 64.5 Å². The average Bonchev–Trinajstić information content (AvgIpc) is 3.70. The molecule has 2 spiro atoms. The van der Waals surface area contributed by atoms with Gasteiger partial charge in [-0.05, 0) is 103 Å². The topological polar surface area (TPSA) is 197 Å². The lowest BCUT2D eigenvalue weighted by Gasteiger charge is -2.65. The molecule has 7 N–H and O–H groups in total. The van der Waals surface area contributed by atoms with Crippen molar-refractivity contribution in [3.8, 4) is 0 Å². The number of rotatable bonds is 7. The van der Waals surface area contributed by atoms with Crippen LogP contribution in [-0.2, 0) is 28.4 Å². The van der Waals surface area contributed by atoms with Crippen LogP contribution in [0.25, 0.3) is 0 Å². The Kier molecular flexibility index (Phi) is 9.59. The molecule has 0 bridgehead atoms. The van der Waals surface area contributed by atoms with Gasteiger partial charge in [-0.1, -0.05) is 34.6 Å². The van der Waals surface area contributed by atoms with Crippen molar-refractivity contribution in [2.24, 2.45) is 50.7 Å². The van der Waals surface area contributed by atoms with Gasteiger partial charge in [-0.15, -0.1) is 0 Å². The Hall–Kier alpha value is -0.520.